The first-order valence-electron chi connectivity index (χ1n) is 7.97. The normalized spacial score (nSPS) is 30.5. The average molecular weight is 296 g/mol. The van der Waals surface area contributed by atoms with E-state index in [1.165, 1.54) is 16.3 Å². The third-order valence-electron chi connectivity index (χ3n) is 5.47. The molecule has 3 atom stereocenters. The molecule has 2 aromatic rings. The highest BCUT2D eigenvalue weighted by atomic mass is 16.5. The highest BCUT2D eigenvalue weighted by molar-refractivity contribution is 5.84. The van der Waals surface area contributed by atoms with Crippen LogP contribution >= 0.6 is 0 Å². The lowest BCUT2D eigenvalue weighted by Crippen LogP contribution is -2.32. The molecule has 3 nitrogen and oxygen atoms in total. The van der Waals surface area contributed by atoms with Crippen molar-refractivity contribution >= 4 is 16.7 Å². The Morgan fingerprint density at radius 3 is 2.82 bits per heavy atom. The molecule has 2 aliphatic rings. The molecule has 4 rings (SSSR count). The van der Waals surface area contributed by atoms with Crippen LogP contribution in [0.4, 0.5) is 0 Å². The van der Waals surface area contributed by atoms with Gasteiger partial charge in [-0.25, -0.2) is 0 Å². The van der Waals surface area contributed by atoms with Crippen LogP contribution in [0.2, 0.25) is 0 Å². The van der Waals surface area contributed by atoms with Crippen molar-refractivity contribution in [3.63, 3.8) is 0 Å². The van der Waals surface area contributed by atoms with Gasteiger partial charge in [-0.1, -0.05) is 42.5 Å². The summed E-state index contributed by atoms with van der Waals surface area (Å²) >= 11 is 0. The first kappa shape index (κ1) is 13.8. The molecule has 2 fully saturated rings. The number of ether oxygens (including phenoxy) is 1. The van der Waals surface area contributed by atoms with Gasteiger partial charge in [0.2, 0.25) is 0 Å². The monoisotopic (exact) mass is 296 g/mol. The van der Waals surface area contributed by atoms with Gasteiger partial charge < -0.3 is 9.84 Å². The summed E-state index contributed by atoms with van der Waals surface area (Å²) in [6.07, 6.45) is 2.37. The number of benzene rings is 2. The zero-order valence-electron chi connectivity index (χ0n) is 12.5. The molecule has 0 amide bonds. The Morgan fingerprint density at radius 2 is 2.00 bits per heavy atom. The molecule has 1 aliphatic carbocycles. The molecule has 2 unspecified atom stereocenters. The van der Waals surface area contributed by atoms with Crippen molar-refractivity contribution in [3.05, 3.63) is 48.0 Å². The van der Waals surface area contributed by atoms with E-state index in [2.05, 4.69) is 30.3 Å². The second-order valence-corrected chi connectivity index (χ2v) is 6.80. The van der Waals surface area contributed by atoms with Gasteiger partial charge in [-0.3, -0.25) is 4.79 Å². The molecule has 0 spiro atoms. The molecule has 1 aliphatic heterocycles. The lowest BCUT2D eigenvalue weighted by atomic mass is 9.75. The van der Waals surface area contributed by atoms with Crippen LogP contribution in [0.5, 0.6) is 0 Å². The van der Waals surface area contributed by atoms with E-state index >= 15 is 0 Å². The van der Waals surface area contributed by atoms with E-state index in [-0.39, 0.29) is 24.4 Å². The molecule has 22 heavy (non-hydrogen) atoms. The SMILES string of the molecule is O=C1OCC2CC(CO)C[C@@]12Cc1ccc2ccccc2c1. The van der Waals surface area contributed by atoms with Crippen molar-refractivity contribution in [1.29, 1.82) is 0 Å². The third kappa shape index (κ3) is 2.03. The second-order valence-electron chi connectivity index (χ2n) is 6.80. The summed E-state index contributed by atoms with van der Waals surface area (Å²) in [4.78, 5) is 12.4. The third-order valence-corrected chi connectivity index (χ3v) is 5.47. The van der Waals surface area contributed by atoms with Crippen molar-refractivity contribution in [2.45, 2.75) is 19.3 Å². The maximum atomic E-state index is 12.4. The van der Waals surface area contributed by atoms with Gasteiger partial charge in [0.05, 0.1) is 12.0 Å². The Labute approximate surface area is 129 Å². The molecular formula is C19H20O3. The molecule has 3 heteroatoms. The molecule has 1 saturated carbocycles. The largest absolute Gasteiger partial charge is 0.465 e. The molecule has 0 bridgehead atoms. The van der Waals surface area contributed by atoms with E-state index in [1.807, 2.05) is 12.1 Å². The van der Waals surface area contributed by atoms with E-state index in [0.29, 0.717) is 6.61 Å². The van der Waals surface area contributed by atoms with Crippen LogP contribution in [0.3, 0.4) is 0 Å². The predicted molar refractivity (Wildman–Crippen MR) is 84.3 cm³/mol. The van der Waals surface area contributed by atoms with Crippen LogP contribution in [-0.4, -0.2) is 24.3 Å². The summed E-state index contributed by atoms with van der Waals surface area (Å²) in [5, 5.41) is 11.9. The van der Waals surface area contributed by atoms with Crippen molar-refractivity contribution in [3.8, 4) is 0 Å². The van der Waals surface area contributed by atoms with Gasteiger partial charge in [-0.05, 0) is 41.5 Å². The van der Waals surface area contributed by atoms with E-state index in [1.54, 1.807) is 0 Å². The summed E-state index contributed by atoms with van der Waals surface area (Å²) in [5.41, 5.74) is 0.761. The van der Waals surface area contributed by atoms with E-state index in [9.17, 15) is 9.90 Å². The lowest BCUT2D eigenvalue weighted by molar-refractivity contribution is -0.146. The Kier molecular flexibility index (Phi) is 3.19. The van der Waals surface area contributed by atoms with E-state index in [4.69, 9.17) is 4.74 Å². The number of esters is 1. The van der Waals surface area contributed by atoms with Gasteiger partial charge in [0.15, 0.2) is 0 Å². The van der Waals surface area contributed by atoms with Crippen molar-refractivity contribution in [1.82, 2.24) is 0 Å². The summed E-state index contributed by atoms with van der Waals surface area (Å²) in [6, 6.07) is 14.7. The zero-order chi connectivity index (χ0) is 15.2. The minimum Gasteiger partial charge on any atom is -0.465 e. The minimum absolute atomic E-state index is 0.0680. The number of hydrogen-bond acceptors (Lipinski definition) is 3. The number of cyclic esters (lactones) is 1. The highest BCUT2D eigenvalue weighted by Crippen LogP contribution is 2.53. The van der Waals surface area contributed by atoms with Crippen LogP contribution in [-0.2, 0) is 16.0 Å². The smallest absolute Gasteiger partial charge is 0.312 e. The molecule has 114 valence electrons. The maximum Gasteiger partial charge on any atom is 0.312 e. The van der Waals surface area contributed by atoms with Crippen LogP contribution in [0, 0.1) is 17.3 Å². The van der Waals surface area contributed by atoms with Gasteiger partial charge in [0.1, 0.15) is 0 Å². The number of carbonyl (C=O) groups is 1. The zero-order valence-corrected chi connectivity index (χ0v) is 12.5. The number of rotatable bonds is 3. The van der Waals surface area contributed by atoms with Crippen molar-refractivity contribution in [2.75, 3.05) is 13.2 Å². The molecule has 0 radical (unpaired) electrons. The summed E-state index contributed by atoms with van der Waals surface area (Å²) < 4.78 is 5.36. The van der Waals surface area contributed by atoms with Crippen LogP contribution < -0.4 is 0 Å². The summed E-state index contributed by atoms with van der Waals surface area (Å²) in [6.45, 7) is 0.687. The summed E-state index contributed by atoms with van der Waals surface area (Å²) in [7, 11) is 0. The van der Waals surface area contributed by atoms with Gasteiger partial charge in [-0.2, -0.15) is 0 Å². The standard InChI is InChI=1S/C19H20O3/c20-11-14-8-17-12-22-18(21)19(17,10-14)9-13-5-6-15-3-1-2-4-16(15)7-13/h1-7,14,17,20H,8-12H2/t14?,17?,19-/m1/s1. The summed E-state index contributed by atoms with van der Waals surface area (Å²) in [5.74, 6) is 0.420. The van der Waals surface area contributed by atoms with Gasteiger partial charge in [0, 0.05) is 12.5 Å². The van der Waals surface area contributed by atoms with Crippen molar-refractivity contribution < 1.29 is 14.6 Å². The minimum atomic E-state index is -0.421. The molecular weight excluding hydrogens is 276 g/mol. The molecule has 1 heterocycles. The van der Waals surface area contributed by atoms with Crippen molar-refractivity contribution in [2.24, 2.45) is 17.3 Å². The molecule has 1 saturated heterocycles. The first-order valence-corrected chi connectivity index (χ1v) is 7.97. The van der Waals surface area contributed by atoms with Crippen LogP contribution in [0.25, 0.3) is 10.8 Å². The van der Waals surface area contributed by atoms with Crippen LogP contribution in [0.1, 0.15) is 18.4 Å². The van der Waals surface area contributed by atoms with Crippen LogP contribution in [0.15, 0.2) is 42.5 Å². The first-order chi connectivity index (χ1) is 10.7. The molecule has 1 N–H and O–H groups in total. The Bertz CT molecular complexity index is 723. The fraction of sp³-hybridized carbons (Fsp3) is 0.421. The number of aliphatic hydroxyl groups is 1. The topological polar surface area (TPSA) is 46.5 Å². The quantitative estimate of drug-likeness (QED) is 0.886. The Morgan fingerprint density at radius 1 is 1.18 bits per heavy atom. The fourth-order valence-electron chi connectivity index (χ4n) is 4.33. The highest BCUT2D eigenvalue weighted by Gasteiger charge is 2.57. The average Bonchev–Trinajstić information content (AvgIpc) is 3.04. The fourth-order valence-corrected chi connectivity index (χ4v) is 4.33. The number of hydrogen-bond donors (Lipinski definition) is 1. The maximum absolute atomic E-state index is 12.4. The Balaban J connectivity index is 1.69. The molecule has 0 aromatic heterocycles. The second kappa shape index (κ2) is 5.10. The Hall–Kier alpha value is -1.87. The predicted octanol–water partition coefficient (Wildman–Crippen LogP) is 2.94. The number of carbonyl (C=O) groups excluding carboxylic acids is 1. The number of aliphatic hydroxyl groups excluding tert-OH is 1. The lowest BCUT2D eigenvalue weighted by Gasteiger charge is -2.24. The van der Waals surface area contributed by atoms with Gasteiger partial charge in [0.25, 0.3) is 0 Å². The van der Waals surface area contributed by atoms with Gasteiger partial charge >= 0.3 is 5.97 Å². The molecule has 2 aromatic carbocycles. The van der Waals surface area contributed by atoms with Gasteiger partial charge in [-0.15, -0.1) is 0 Å². The van der Waals surface area contributed by atoms with E-state index in [0.717, 1.165) is 19.3 Å². The number of fused-ring (bicyclic) bond motifs is 2. The van der Waals surface area contributed by atoms with E-state index < -0.39 is 5.41 Å².